The minimum absolute atomic E-state index is 0.0242. The molecule has 1 amide bonds. The van der Waals surface area contributed by atoms with Crippen molar-refractivity contribution >= 4 is 18.2 Å². The van der Waals surface area contributed by atoms with E-state index in [9.17, 15) is 9.90 Å². The van der Waals surface area contributed by atoms with E-state index in [1.165, 1.54) is 11.3 Å². The highest BCUT2D eigenvalue weighted by Gasteiger charge is 2.45. The maximum Gasteiger partial charge on any atom is 0.290 e. The second-order valence-corrected chi connectivity index (χ2v) is 8.45. The summed E-state index contributed by atoms with van der Waals surface area (Å²) < 4.78 is 0. The van der Waals surface area contributed by atoms with Gasteiger partial charge in [-0.25, -0.2) is 15.0 Å². The maximum absolute atomic E-state index is 12.6. The number of aromatic amines is 1. The molecule has 4 heterocycles. The van der Waals surface area contributed by atoms with E-state index in [4.69, 9.17) is 19.9 Å². The number of aromatic nitrogens is 4. The van der Waals surface area contributed by atoms with Crippen molar-refractivity contribution in [2.75, 3.05) is 31.1 Å². The van der Waals surface area contributed by atoms with Gasteiger partial charge in [0.15, 0.2) is 0 Å². The van der Waals surface area contributed by atoms with Gasteiger partial charge in [0.2, 0.25) is 0 Å². The van der Waals surface area contributed by atoms with Gasteiger partial charge in [0.25, 0.3) is 12.4 Å². The highest BCUT2D eigenvalue weighted by molar-refractivity contribution is 5.92. The number of nitrogens with one attached hydrogen (secondary N) is 1. The summed E-state index contributed by atoms with van der Waals surface area (Å²) in [6.45, 7) is 4.68. The molecule has 1 atom stereocenters. The lowest BCUT2D eigenvalue weighted by atomic mass is 9.76. The van der Waals surface area contributed by atoms with E-state index in [1.807, 2.05) is 11.8 Å². The van der Waals surface area contributed by atoms with Gasteiger partial charge in [0.1, 0.15) is 17.3 Å². The molecule has 10 nitrogen and oxygen atoms in total. The van der Waals surface area contributed by atoms with Crippen LogP contribution in [0.5, 0.6) is 0 Å². The Bertz CT molecular complexity index is 940. The molecule has 1 aliphatic carbocycles. The second-order valence-electron chi connectivity index (χ2n) is 8.45. The number of fused-ring (bicyclic) bond motifs is 2. The molecule has 2 aromatic heterocycles. The molecule has 166 valence electrons. The van der Waals surface area contributed by atoms with Crippen LogP contribution >= 0.6 is 0 Å². The first kappa shape index (κ1) is 21.2. The molecule has 2 aromatic rings. The van der Waals surface area contributed by atoms with Gasteiger partial charge in [-0.15, -0.1) is 0 Å². The van der Waals surface area contributed by atoms with Gasteiger partial charge in [-0.05, 0) is 39.0 Å². The predicted octanol–water partition coefficient (Wildman–Crippen LogP) is 0.900. The van der Waals surface area contributed by atoms with Crippen LogP contribution in [-0.4, -0.2) is 79.7 Å². The van der Waals surface area contributed by atoms with Crippen LogP contribution in [0.2, 0.25) is 0 Å². The number of imidazole rings is 1. The summed E-state index contributed by atoms with van der Waals surface area (Å²) in [6.07, 6.45) is 7.57. The Labute approximate surface area is 180 Å². The second kappa shape index (κ2) is 8.62. The number of aryl methyl sites for hydroxylation is 1. The molecule has 2 aliphatic heterocycles. The van der Waals surface area contributed by atoms with Gasteiger partial charge < -0.3 is 25.0 Å². The Morgan fingerprint density at radius 2 is 2.00 bits per heavy atom. The molecule has 1 spiro atoms. The molecule has 2 saturated heterocycles. The molecule has 1 unspecified atom stereocenters. The molecule has 3 N–H and O–H groups in total. The van der Waals surface area contributed by atoms with Crippen molar-refractivity contribution in [2.24, 2.45) is 0 Å². The smallest absolute Gasteiger partial charge is 0.290 e. The third-order valence-electron chi connectivity index (χ3n) is 6.65. The number of H-pyrrole nitrogens is 1. The molecule has 0 aromatic carbocycles. The van der Waals surface area contributed by atoms with Gasteiger partial charge in [0.05, 0.1) is 24.3 Å². The predicted molar refractivity (Wildman–Crippen MR) is 112 cm³/mol. The first-order valence-electron chi connectivity index (χ1n) is 10.6. The highest BCUT2D eigenvalue weighted by atomic mass is 16.3. The Kier molecular flexibility index (Phi) is 5.90. The number of likely N-dealkylation sites (tertiary alicyclic amines) is 1. The number of nitrogens with zero attached hydrogens (tertiary/aromatic N) is 5. The maximum atomic E-state index is 12.6. The first-order valence-corrected chi connectivity index (χ1v) is 10.6. The van der Waals surface area contributed by atoms with E-state index in [2.05, 4.69) is 14.9 Å². The molecule has 0 radical (unpaired) electrons. The minimum atomic E-state index is -0.266. The number of carbonyl (C=O) groups is 2. The molecule has 0 saturated carbocycles. The quantitative estimate of drug-likeness (QED) is 0.601. The molecule has 31 heavy (non-hydrogen) atoms. The standard InChI is InChI=1S/C20H26N6O2.CH2O2/c1-13-23-17-15(18(24-13)26-7-3-14(27)11-26)2-4-20(17)5-8-25(9-6-20)19(28)16-10-21-12-22-16;2-1-3/h10,12,14,27H,2-9,11H2,1H3,(H,21,22);1H,(H,2,3). The van der Waals surface area contributed by atoms with Crippen molar-refractivity contribution in [1.29, 1.82) is 0 Å². The van der Waals surface area contributed by atoms with Crippen LogP contribution in [0.3, 0.4) is 0 Å². The van der Waals surface area contributed by atoms with Crippen LogP contribution in [0, 0.1) is 6.92 Å². The van der Waals surface area contributed by atoms with Crippen LogP contribution in [0.1, 0.15) is 53.3 Å². The Morgan fingerprint density at radius 3 is 2.61 bits per heavy atom. The molecule has 3 aliphatic rings. The van der Waals surface area contributed by atoms with Crippen LogP contribution in [0.4, 0.5) is 5.82 Å². The van der Waals surface area contributed by atoms with Crippen molar-refractivity contribution in [3.8, 4) is 0 Å². The van der Waals surface area contributed by atoms with E-state index in [-0.39, 0.29) is 23.9 Å². The normalized spacial score (nSPS) is 21.5. The number of anilines is 1. The fourth-order valence-corrected chi connectivity index (χ4v) is 5.10. The number of rotatable bonds is 2. The molecular formula is C21H28N6O4. The number of β-amino-alcohol motifs (C(OH)–C–C–N with tert-alkyl or cyclic N) is 1. The highest BCUT2D eigenvalue weighted by Crippen LogP contribution is 2.47. The average molecular weight is 428 g/mol. The number of hydrogen-bond acceptors (Lipinski definition) is 7. The summed E-state index contributed by atoms with van der Waals surface area (Å²) in [5, 5.41) is 16.8. The first-order chi connectivity index (χ1) is 15.0. The van der Waals surface area contributed by atoms with E-state index < -0.39 is 0 Å². The van der Waals surface area contributed by atoms with E-state index >= 15 is 0 Å². The summed E-state index contributed by atoms with van der Waals surface area (Å²) in [5.41, 5.74) is 3.04. The van der Waals surface area contributed by atoms with Crippen LogP contribution in [0.25, 0.3) is 0 Å². The van der Waals surface area contributed by atoms with E-state index in [0.29, 0.717) is 12.2 Å². The molecule has 2 fully saturated rings. The zero-order valence-corrected chi connectivity index (χ0v) is 17.6. The minimum Gasteiger partial charge on any atom is -0.483 e. The van der Waals surface area contributed by atoms with Crippen molar-refractivity contribution < 1.29 is 19.8 Å². The van der Waals surface area contributed by atoms with Gasteiger partial charge in [-0.3, -0.25) is 9.59 Å². The number of carbonyl (C=O) groups excluding carboxylic acids is 1. The van der Waals surface area contributed by atoms with E-state index in [0.717, 1.165) is 63.4 Å². The number of amides is 1. The lowest BCUT2D eigenvalue weighted by Gasteiger charge is -2.39. The topological polar surface area (TPSA) is 136 Å². The van der Waals surface area contributed by atoms with Gasteiger partial charge in [-0.2, -0.15) is 0 Å². The molecule has 5 rings (SSSR count). The Hall–Kier alpha value is -3.01. The van der Waals surface area contributed by atoms with Gasteiger partial charge in [0, 0.05) is 37.2 Å². The Morgan fingerprint density at radius 1 is 1.26 bits per heavy atom. The zero-order chi connectivity index (χ0) is 22.0. The van der Waals surface area contributed by atoms with Crippen molar-refractivity contribution in [1.82, 2.24) is 24.8 Å². The summed E-state index contributed by atoms with van der Waals surface area (Å²) >= 11 is 0. The molecule has 0 bridgehead atoms. The number of aliphatic hydroxyl groups excluding tert-OH is 1. The summed E-state index contributed by atoms with van der Waals surface area (Å²) in [6, 6.07) is 0. The number of piperidine rings is 1. The van der Waals surface area contributed by atoms with Crippen LogP contribution in [0.15, 0.2) is 12.5 Å². The number of hydrogen-bond donors (Lipinski definition) is 3. The fourth-order valence-electron chi connectivity index (χ4n) is 5.10. The summed E-state index contributed by atoms with van der Waals surface area (Å²) in [5.74, 6) is 1.84. The number of carboxylic acid groups (broad SMARTS) is 1. The lowest BCUT2D eigenvalue weighted by Crippen LogP contribution is -2.44. The zero-order valence-electron chi connectivity index (χ0n) is 17.6. The van der Waals surface area contributed by atoms with Gasteiger partial charge in [-0.1, -0.05) is 0 Å². The SMILES string of the molecule is Cc1nc(N2CCC(O)C2)c2c(n1)C1(CC2)CCN(C(=O)c2cnc[nH]2)CC1.O=CO. The third-order valence-corrected chi connectivity index (χ3v) is 6.65. The van der Waals surface area contributed by atoms with Crippen molar-refractivity contribution in [3.05, 3.63) is 35.3 Å². The van der Waals surface area contributed by atoms with Crippen molar-refractivity contribution in [2.45, 2.75) is 50.5 Å². The van der Waals surface area contributed by atoms with Crippen molar-refractivity contribution in [3.63, 3.8) is 0 Å². The summed E-state index contributed by atoms with van der Waals surface area (Å²) in [7, 11) is 0. The van der Waals surface area contributed by atoms with Gasteiger partial charge >= 0.3 is 0 Å². The number of aliphatic hydroxyl groups is 1. The summed E-state index contributed by atoms with van der Waals surface area (Å²) in [4.78, 5) is 41.6. The Balaban J connectivity index is 0.000000730. The fraction of sp³-hybridized carbons (Fsp3) is 0.571. The molecule has 10 heteroatoms. The monoisotopic (exact) mass is 428 g/mol. The van der Waals surface area contributed by atoms with E-state index in [1.54, 1.807) is 12.5 Å². The average Bonchev–Trinajstić information content (AvgIpc) is 3.50. The van der Waals surface area contributed by atoms with Crippen LogP contribution < -0.4 is 4.90 Å². The van der Waals surface area contributed by atoms with Crippen LogP contribution in [-0.2, 0) is 16.6 Å². The third kappa shape index (κ3) is 3.99. The lowest BCUT2D eigenvalue weighted by molar-refractivity contribution is -0.122. The molecular weight excluding hydrogens is 400 g/mol. The largest absolute Gasteiger partial charge is 0.483 e.